The predicted molar refractivity (Wildman–Crippen MR) is 34.5 cm³/mol. The number of ether oxygens (including phenoxy) is 1. The maximum atomic E-state index is 10.3. The van der Waals surface area contributed by atoms with E-state index in [9.17, 15) is 4.79 Å². The molecule has 1 fully saturated rings. The van der Waals surface area contributed by atoms with E-state index >= 15 is 0 Å². The van der Waals surface area contributed by atoms with E-state index in [4.69, 9.17) is 9.84 Å². The van der Waals surface area contributed by atoms with Gasteiger partial charge in [0.25, 0.3) is 0 Å². The Kier molecular flexibility index (Phi) is 2.03. The first-order chi connectivity index (χ1) is 4.72. The lowest BCUT2D eigenvalue weighted by Crippen LogP contribution is -2.28. The van der Waals surface area contributed by atoms with Gasteiger partial charge in [-0.1, -0.05) is 6.58 Å². The lowest BCUT2D eigenvalue weighted by Gasteiger charge is -2.07. The van der Waals surface area contributed by atoms with E-state index in [2.05, 4.69) is 11.9 Å². The first-order valence-electron chi connectivity index (χ1n) is 2.99. The highest BCUT2D eigenvalue weighted by Gasteiger charge is 2.21. The normalized spacial score (nSPS) is 24.6. The molecule has 56 valence electrons. The second-order valence-corrected chi connectivity index (χ2v) is 2.04. The minimum atomic E-state index is -1.01. The molecule has 1 saturated heterocycles. The summed E-state index contributed by atoms with van der Waals surface area (Å²) >= 11 is 0. The molecule has 2 N–H and O–H groups in total. The standard InChI is InChI=1S/C6H9NO3/c1-4(6(8)9)5-7-2-3-10-5/h5,7H,1-3H2,(H,8,9). The van der Waals surface area contributed by atoms with Gasteiger partial charge >= 0.3 is 5.97 Å². The largest absolute Gasteiger partial charge is 0.478 e. The van der Waals surface area contributed by atoms with E-state index in [1.165, 1.54) is 0 Å². The van der Waals surface area contributed by atoms with Gasteiger partial charge in [-0.3, -0.25) is 5.32 Å². The molecule has 1 aliphatic heterocycles. The van der Waals surface area contributed by atoms with Crippen LogP contribution in [0, 0.1) is 0 Å². The number of nitrogens with one attached hydrogen (secondary N) is 1. The van der Waals surface area contributed by atoms with Crippen LogP contribution in [0.3, 0.4) is 0 Å². The maximum absolute atomic E-state index is 10.3. The number of carbonyl (C=O) groups is 1. The Labute approximate surface area is 58.5 Å². The molecular weight excluding hydrogens is 134 g/mol. The first-order valence-corrected chi connectivity index (χ1v) is 2.99. The Bertz CT molecular complexity index is 160. The van der Waals surface area contributed by atoms with Gasteiger partial charge in [0.2, 0.25) is 0 Å². The summed E-state index contributed by atoms with van der Waals surface area (Å²) in [6, 6.07) is 0. The van der Waals surface area contributed by atoms with Crippen molar-refractivity contribution < 1.29 is 14.6 Å². The van der Waals surface area contributed by atoms with Crippen molar-refractivity contribution in [3.05, 3.63) is 12.2 Å². The van der Waals surface area contributed by atoms with Gasteiger partial charge in [-0.25, -0.2) is 4.79 Å². The molecule has 1 aliphatic rings. The van der Waals surface area contributed by atoms with Gasteiger partial charge in [0.15, 0.2) is 0 Å². The van der Waals surface area contributed by atoms with Crippen LogP contribution in [0.5, 0.6) is 0 Å². The minimum Gasteiger partial charge on any atom is -0.478 e. The highest BCUT2D eigenvalue weighted by Crippen LogP contribution is 2.05. The van der Waals surface area contributed by atoms with Crippen molar-refractivity contribution in [2.45, 2.75) is 6.23 Å². The van der Waals surface area contributed by atoms with E-state index in [1.54, 1.807) is 0 Å². The quantitative estimate of drug-likeness (QED) is 0.515. The minimum absolute atomic E-state index is 0.0671. The molecule has 1 rings (SSSR count). The van der Waals surface area contributed by atoms with Gasteiger partial charge in [0.05, 0.1) is 12.2 Å². The monoisotopic (exact) mass is 143 g/mol. The average Bonchev–Trinajstić information content (AvgIpc) is 2.36. The van der Waals surface area contributed by atoms with Crippen LogP contribution in [0.25, 0.3) is 0 Å². The molecule has 1 atom stereocenters. The number of hydrogen-bond acceptors (Lipinski definition) is 3. The SMILES string of the molecule is C=C(C(=O)O)C1NCCO1. The molecule has 0 saturated carbocycles. The number of aliphatic carboxylic acids is 1. The van der Waals surface area contributed by atoms with E-state index in [1.807, 2.05) is 0 Å². The van der Waals surface area contributed by atoms with Crippen molar-refractivity contribution in [1.82, 2.24) is 5.32 Å². The number of carboxylic acids is 1. The molecule has 0 aliphatic carbocycles. The Morgan fingerprint density at radius 3 is 2.90 bits per heavy atom. The van der Waals surface area contributed by atoms with Crippen LogP contribution >= 0.6 is 0 Å². The van der Waals surface area contributed by atoms with Crippen LogP contribution < -0.4 is 5.32 Å². The zero-order valence-corrected chi connectivity index (χ0v) is 5.46. The molecule has 0 aromatic heterocycles. The Morgan fingerprint density at radius 2 is 2.50 bits per heavy atom. The molecule has 4 nitrogen and oxygen atoms in total. The summed E-state index contributed by atoms with van der Waals surface area (Å²) in [4.78, 5) is 10.3. The zero-order valence-electron chi connectivity index (χ0n) is 5.46. The van der Waals surface area contributed by atoms with Gasteiger partial charge in [-0.05, 0) is 0 Å². The van der Waals surface area contributed by atoms with Crippen molar-refractivity contribution in [3.8, 4) is 0 Å². The molecule has 0 bridgehead atoms. The fourth-order valence-electron chi connectivity index (χ4n) is 0.762. The van der Waals surface area contributed by atoms with E-state index < -0.39 is 12.2 Å². The summed E-state index contributed by atoms with van der Waals surface area (Å²) in [6.07, 6.45) is -0.488. The van der Waals surface area contributed by atoms with Crippen LogP contribution in [0.2, 0.25) is 0 Å². The molecule has 0 spiro atoms. The van der Waals surface area contributed by atoms with Crippen molar-refractivity contribution in [2.75, 3.05) is 13.2 Å². The lowest BCUT2D eigenvalue weighted by atomic mass is 10.3. The summed E-state index contributed by atoms with van der Waals surface area (Å²) in [5.41, 5.74) is 0.0671. The second-order valence-electron chi connectivity index (χ2n) is 2.04. The Morgan fingerprint density at radius 1 is 1.80 bits per heavy atom. The molecular formula is C6H9NO3. The molecule has 0 aromatic carbocycles. The van der Waals surface area contributed by atoms with Crippen molar-refractivity contribution in [1.29, 1.82) is 0 Å². The van der Waals surface area contributed by atoms with Gasteiger partial charge in [-0.2, -0.15) is 0 Å². The zero-order chi connectivity index (χ0) is 7.56. The molecule has 0 radical (unpaired) electrons. The number of carboxylic acid groups (broad SMARTS) is 1. The Balaban J connectivity index is 2.48. The van der Waals surface area contributed by atoms with Crippen LogP contribution in [-0.2, 0) is 9.53 Å². The highest BCUT2D eigenvalue weighted by molar-refractivity contribution is 5.86. The summed E-state index contributed by atoms with van der Waals surface area (Å²) in [5, 5.41) is 11.3. The van der Waals surface area contributed by atoms with Crippen LogP contribution in [0.15, 0.2) is 12.2 Å². The number of rotatable bonds is 2. The average molecular weight is 143 g/mol. The fraction of sp³-hybridized carbons (Fsp3) is 0.500. The molecule has 1 unspecified atom stereocenters. The Hall–Kier alpha value is -0.870. The van der Waals surface area contributed by atoms with E-state index in [-0.39, 0.29) is 5.57 Å². The third-order valence-corrected chi connectivity index (χ3v) is 1.31. The van der Waals surface area contributed by atoms with E-state index in [0.29, 0.717) is 13.2 Å². The third kappa shape index (κ3) is 1.34. The third-order valence-electron chi connectivity index (χ3n) is 1.31. The van der Waals surface area contributed by atoms with Crippen molar-refractivity contribution in [3.63, 3.8) is 0 Å². The molecule has 0 amide bonds. The van der Waals surface area contributed by atoms with Gasteiger partial charge in [-0.15, -0.1) is 0 Å². The summed E-state index contributed by atoms with van der Waals surface area (Å²) in [7, 11) is 0. The smallest absolute Gasteiger partial charge is 0.335 e. The van der Waals surface area contributed by atoms with Crippen LogP contribution in [0.1, 0.15) is 0 Å². The van der Waals surface area contributed by atoms with Crippen molar-refractivity contribution in [2.24, 2.45) is 0 Å². The summed E-state index contributed by atoms with van der Waals surface area (Å²) in [5.74, 6) is -1.01. The molecule has 10 heavy (non-hydrogen) atoms. The summed E-state index contributed by atoms with van der Waals surface area (Å²) in [6.45, 7) is 4.59. The molecule has 0 aromatic rings. The highest BCUT2D eigenvalue weighted by atomic mass is 16.5. The van der Waals surface area contributed by atoms with Crippen molar-refractivity contribution >= 4 is 5.97 Å². The van der Waals surface area contributed by atoms with Gasteiger partial charge < -0.3 is 9.84 Å². The predicted octanol–water partition coefficient (Wildman–Crippen LogP) is -0.427. The topological polar surface area (TPSA) is 58.6 Å². The van der Waals surface area contributed by atoms with Crippen LogP contribution in [0.4, 0.5) is 0 Å². The molecule has 1 heterocycles. The maximum Gasteiger partial charge on any atom is 0.335 e. The summed E-state index contributed by atoms with van der Waals surface area (Å²) < 4.78 is 4.98. The van der Waals surface area contributed by atoms with E-state index in [0.717, 1.165) is 0 Å². The van der Waals surface area contributed by atoms with Gasteiger partial charge in [0, 0.05) is 6.54 Å². The number of hydrogen-bond donors (Lipinski definition) is 2. The second kappa shape index (κ2) is 2.81. The lowest BCUT2D eigenvalue weighted by molar-refractivity contribution is -0.133. The fourth-order valence-corrected chi connectivity index (χ4v) is 0.762. The molecule has 4 heteroatoms. The van der Waals surface area contributed by atoms with Gasteiger partial charge in [0.1, 0.15) is 6.23 Å². The first kappa shape index (κ1) is 7.24. The van der Waals surface area contributed by atoms with Crippen LogP contribution in [-0.4, -0.2) is 30.5 Å².